The third kappa shape index (κ3) is 5.26. The van der Waals surface area contributed by atoms with Gasteiger partial charge in [0.15, 0.2) is 0 Å². The molecule has 1 heterocycles. The second-order valence-electron chi connectivity index (χ2n) is 8.15. The second-order valence-corrected chi connectivity index (χ2v) is 8.15. The predicted octanol–water partition coefficient (Wildman–Crippen LogP) is 5.36. The standard InChI is InChI=1S/C26H29NO3/c1-26(2,30-23-8-4-3-5-9-23)20-21-12-14-22(15-13-21)28-18-16-27-17-19-29-25-11-7-6-10-24(25)27/h3-15H,16-20H2,1-2H3. The molecule has 0 amide bonds. The predicted molar refractivity (Wildman–Crippen MR) is 121 cm³/mol. The molecule has 0 saturated carbocycles. The Bertz CT molecular complexity index is 938. The summed E-state index contributed by atoms with van der Waals surface area (Å²) < 4.78 is 17.9. The molecule has 4 heteroatoms. The van der Waals surface area contributed by atoms with Gasteiger partial charge in [-0.25, -0.2) is 0 Å². The summed E-state index contributed by atoms with van der Waals surface area (Å²) in [7, 11) is 0. The molecule has 0 unspecified atom stereocenters. The van der Waals surface area contributed by atoms with Crippen LogP contribution in [0.2, 0.25) is 0 Å². The lowest BCUT2D eigenvalue weighted by atomic mass is 9.98. The van der Waals surface area contributed by atoms with E-state index in [0.29, 0.717) is 13.2 Å². The summed E-state index contributed by atoms with van der Waals surface area (Å²) in [5.74, 6) is 2.74. The molecular formula is C26H29NO3. The van der Waals surface area contributed by atoms with Crippen molar-refractivity contribution in [3.05, 3.63) is 84.4 Å². The number of benzene rings is 3. The highest BCUT2D eigenvalue weighted by atomic mass is 16.5. The van der Waals surface area contributed by atoms with Gasteiger partial charge in [0.1, 0.15) is 36.1 Å². The van der Waals surface area contributed by atoms with E-state index in [1.165, 1.54) is 5.56 Å². The van der Waals surface area contributed by atoms with E-state index in [0.717, 1.165) is 42.4 Å². The highest BCUT2D eigenvalue weighted by Crippen LogP contribution is 2.30. The number of rotatable bonds is 8. The van der Waals surface area contributed by atoms with Crippen LogP contribution < -0.4 is 19.1 Å². The van der Waals surface area contributed by atoms with Crippen LogP contribution in [0.15, 0.2) is 78.9 Å². The summed E-state index contributed by atoms with van der Waals surface area (Å²) in [6, 6.07) is 26.5. The van der Waals surface area contributed by atoms with E-state index in [4.69, 9.17) is 14.2 Å². The third-order valence-corrected chi connectivity index (χ3v) is 5.15. The number of ether oxygens (including phenoxy) is 3. The maximum absolute atomic E-state index is 6.15. The van der Waals surface area contributed by atoms with Gasteiger partial charge >= 0.3 is 0 Å². The van der Waals surface area contributed by atoms with Crippen LogP contribution in [0.5, 0.6) is 17.2 Å². The first-order chi connectivity index (χ1) is 14.6. The van der Waals surface area contributed by atoms with Crippen molar-refractivity contribution in [2.45, 2.75) is 25.9 Å². The number of hydrogen-bond acceptors (Lipinski definition) is 4. The summed E-state index contributed by atoms with van der Waals surface area (Å²) in [6.45, 7) is 7.30. The van der Waals surface area contributed by atoms with Crippen LogP contribution >= 0.6 is 0 Å². The van der Waals surface area contributed by atoms with Crippen molar-refractivity contribution in [2.75, 3.05) is 31.2 Å². The number of para-hydroxylation sites is 3. The topological polar surface area (TPSA) is 30.9 Å². The van der Waals surface area contributed by atoms with E-state index in [1.807, 2.05) is 60.7 Å². The minimum atomic E-state index is -0.284. The molecule has 0 atom stereocenters. The Balaban J connectivity index is 1.28. The Morgan fingerprint density at radius 1 is 0.867 bits per heavy atom. The first-order valence-corrected chi connectivity index (χ1v) is 10.5. The summed E-state index contributed by atoms with van der Waals surface area (Å²) in [4.78, 5) is 2.32. The highest BCUT2D eigenvalue weighted by Gasteiger charge is 2.21. The Labute approximate surface area is 179 Å². The molecule has 0 fully saturated rings. The number of nitrogens with zero attached hydrogens (tertiary/aromatic N) is 1. The molecule has 4 nitrogen and oxygen atoms in total. The van der Waals surface area contributed by atoms with Crippen molar-refractivity contribution in [1.29, 1.82) is 0 Å². The van der Waals surface area contributed by atoms with Crippen LogP contribution in [-0.2, 0) is 6.42 Å². The fourth-order valence-electron chi connectivity index (χ4n) is 3.77. The van der Waals surface area contributed by atoms with Crippen LogP contribution in [0.4, 0.5) is 5.69 Å². The molecular weight excluding hydrogens is 374 g/mol. The summed E-state index contributed by atoms with van der Waals surface area (Å²) >= 11 is 0. The van der Waals surface area contributed by atoms with Gasteiger partial charge in [-0.2, -0.15) is 0 Å². The molecule has 30 heavy (non-hydrogen) atoms. The van der Waals surface area contributed by atoms with Gasteiger partial charge < -0.3 is 19.1 Å². The van der Waals surface area contributed by atoms with Gasteiger partial charge in [0.05, 0.1) is 18.8 Å². The highest BCUT2D eigenvalue weighted by molar-refractivity contribution is 5.59. The maximum Gasteiger partial charge on any atom is 0.142 e. The van der Waals surface area contributed by atoms with Crippen molar-refractivity contribution < 1.29 is 14.2 Å². The van der Waals surface area contributed by atoms with E-state index in [1.54, 1.807) is 0 Å². The molecule has 0 aromatic heterocycles. The number of hydrogen-bond donors (Lipinski definition) is 0. The van der Waals surface area contributed by atoms with Gasteiger partial charge in [0.2, 0.25) is 0 Å². The smallest absolute Gasteiger partial charge is 0.142 e. The van der Waals surface area contributed by atoms with E-state index >= 15 is 0 Å². The van der Waals surface area contributed by atoms with E-state index in [2.05, 4.69) is 36.9 Å². The summed E-state index contributed by atoms with van der Waals surface area (Å²) in [6.07, 6.45) is 0.826. The van der Waals surface area contributed by atoms with Gasteiger partial charge in [-0.3, -0.25) is 0 Å². The van der Waals surface area contributed by atoms with Crippen LogP contribution in [0.25, 0.3) is 0 Å². The lowest BCUT2D eigenvalue weighted by molar-refractivity contribution is 0.110. The fraction of sp³-hybridized carbons (Fsp3) is 0.308. The molecule has 156 valence electrons. The minimum absolute atomic E-state index is 0.284. The third-order valence-electron chi connectivity index (χ3n) is 5.15. The molecule has 4 rings (SSSR count). The van der Waals surface area contributed by atoms with Crippen LogP contribution in [0.3, 0.4) is 0 Å². The van der Waals surface area contributed by atoms with Crippen LogP contribution in [0.1, 0.15) is 19.4 Å². The lowest BCUT2D eigenvalue weighted by Gasteiger charge is -2.31. The van der Waals surface area contributed by atoms with Gasteiger partial charge in [0.25, 0.3) is 0 Å². The maximum atomic E-state index is 6.15. The summed E-state index contributed by atoms with van der Waals surface area (Å²) in [5, 5.41) is 0. The van der Waals surface area contributed by atoms with Crippen molar-refractivity contribution in [3.8, 4) is 17.2 Å². The Morgan fingerprint density at radius 3 is 2.40 bits per heavy atom. The molecule has 1 aliphatic rings. The van der Waals surface area contributed by atoms with Crippen LogP contribution in [-0.4, -0.2) is 31.9 Å². The van der Waals surface area contributed by atoms with Gasteiger partial charge in [0, 0.05) is 6.42 Å². The summed E-state index contributed by atoms with van der Waals surface area (Å²) in [5.41, 5.74) is 2.08. The van der Waals surface area contributed by atoms with E-state index in [-0.39, 0.29) is 5.60 Å². The van der Waals surface area contributed by atoms with Crippen molar-refractivity contribution in [2.24, 2.45) is 0 Å². The van der Waals surface area contributed by atoms with Gasteiger partial charge in [-0.1, -0.05) is 42.5 Å². The zero-order valence-corrected chi connectivity index (χ0v) is 17.7. The minimum Gasteiger partial charge on any atom is -0.492 e. The normalized spacial score (nSPS) is 13.3. The van der Waals surface area contributed by atoms with Crippen molar-refractivity contribution in [1.82, 2.24) is 0 Å². The monoisotopic (exact) mass is 403 g/mol. The molecule has 0 aliphatic carbocycles. The zero-order chi connectivity index (χ0) is 20.8. The fourth-order valence-corrected chi connectivity index (χ4v) is 3.77. The average molecular weight is 404 g/mol. The number of fused-ring (bicyclic) bond motifs is 1. The Morgan fingerprint density at radius 2 is 1.60 bits per heavy atom. The van der Waals surface area contributed by atoms with Gasteiger partial charge in [-0.15, -0.1) is 0 Å². The molecule has 0 spiro atoms. The number of anilines is 1. The molecule has 0 bridgehead atoms. The quantitative estimate of drug-likeness (QED) is 0.506. The first kappa shape index (κ1) is 20.1. The van der Waals surface area contributed by atoms with E-state index in [9.17, 15) is 0 Å². The van der Waals surface area contributed by atoms with Crippen molar-refractivity contribution >= 4 is 5.69 Å². The molecule has 0 radical (unpaired) electrons. The molecule has 1 aliphatic heterocycles. The zero-order valence-electron chi connectivity index (χ0n) is 17.7. The molecule has 3 aromatic carbocycles. The molecule has 0 saturated heterocycles. The molecule has 0 N–H and O–H groups in total. The van der Waals surface area contributed by atoms with E-state index < -0.39 is 0 Å². The van der Waals surface area contributed by atoms with Crippen LogP contribution in [0, 0.1) is 0 Å². The molecule has 3 aromatic rings. The van der Waals surface area contributed by atoms with Gasteiger partial charge in [-0.05, 0) is 55.8 Å². The SMILES string of the molecule is CC(C)(Cc1ccc(OCCN2CCOc3ccccc32)cc1)Oc1ccccc1. The largest absolute Gasteiger partial charge is 0.492 e. The first-order valence-electron chi connectivity index (χ1n) is 10.5. The Hall–Kier alpha value is -3.14. The average Bonchev–Trinajstić information content (AvgIpc) is 2.75. The Kier molecular flexibility index (Phi) is 6.12. The second kappa shape index (κ2) is 9.12. The van der Waals surface area contributed by atoms with Crippen molar-refractivity contribution in [3.63, 3.8) is 0 Å². The lowest BCUT2D eigenvalue weighted by Crippen LogP contribution is -2.35.